The summed E-state index contributed by atoms with van der Waals surface area (Å²) in [6.45, 7) is 5.67. The number of benzene rings is 1. The van der Waals surface area contributed by atoms with Crippen LogP contribution in [0.4, 0.5) is 4.39 Å². The number of nitrogens with one attached hydrogen (secondary N) is 1. The number of aromatic nitrogens is 2. The normalized spacial score (nSPS) is 12.6. The van der Waals surface area contributed by atoms with E-state index in [-0.39, 0.29) is 11.9 Å². The van der Waals surface area contributed by atoms with Crippen LogP contribution in [0.2, 0.25) is 5.02 Å². The minimum absolute atomic E-state index is 0.272. The van der Waals surface area contributed by atoms with Gasteiger partial charge in [-0.05, 0) is 31.2 Å². The first-order valence-corrected chi connectivity index (χ1v) is 7.24. The molecule has 0 radical (unpaired) electrons. The van der Waals surface area contributed by atoms with Gasteiger partial charge in [-0.1, -0.05) is 25.4 Å². The molecule has 0 saturated heterocycles. The smallest absolute Gasteiger partial charge is 0.130 e. The third-order valence-electron chi connectivity index (χ3n) is 3.15. The van der Waals surface area contributed by atoms with Gasteiger partial charge in [-0.3, -0.25) is 0 Å². The van der Waals surface area contributed by atoms with E-state index >= 15 is 0 Å². The van der Waals surface area contributed by atoms with Crippen LogP contribution in [-0.2, 0) is 6.54 Å². The third-order valence-corrected chi connectivity index (χ3v) is 3.38. The van der Waals surface area contributed by atoms with Gasteiger partial charge in [-0.15, -0.1) is 0 Å². The van der Waals surface area contributed by atoms with E-state index in [4.69, 9.17) is 11.6 Å². The highest BCUT2D eigenvalue weighted by Crippen LogP contribution is 2.26. The molecular weight excluding hydrogens is 277 g/mol. The van der Waals surface area contributed by atoms with Gasteiger partial charge in [-0.25, -0.2) is 9.37 Å². The fraction of sp³-hybridized carbons (Fsp3) is 0.400. The van der Waals surface area contributed by atoms with Crippen LogP contribution in [-0.4, -0.2) is 16.1 Å². The topological polar surface area (TPSA) is 29.9 Å². The molecule has 3 nitrogen and oxygen atoms in total. The van der Waals surface area contributed by atoms with Crippen molar-refractivity contribution >= 4 is 11.6 Å². The largest absolute Gasteiger partial charge is 0.333 e. The molecule has 0 aliphatic carbocycles. The molecule has 1 heterocycles. The van der Waals surface area contributed by atoms with Crippen LogP contribution in [0.1, 0.15) is 37.7 Å². The van der Waals surface area contributed by atoms with Crippen molar-refractivity contribution in [3.8, 4) is 0 Å². The summed E-state index contributed by atoms with van der Waals surface area (Å²) >= 11 is 6.00. The zero-order chi connectivity index (χ0) is 14.5. The van der Waals surface area contributed by atoms with Crippen molar-refractivity contribution < 1.29 is 4.39 Å². The van der Waals surface area contributed by atoms with E-state index in [2.05, 4.69) is 17.2 Å². The molecule has 0 aliphatic heterocycles. The molecule has 1 N–H and O–H groups in total. The summed E-state index contributed by atoms with van der Waals surface area (Å²) in [5.41, 5.74) is 0.530. The lowest BCUT2D eigenvalue weighted by Crippen LogP contribution is -2.26. The molecular formula is C15H19ClFN3. The lowest BCUT2D eigenvalue weighted by molar-refractivity contribution is 0.515. The second kappa shape index (κ2) is 6.86. The Bertz CT molecular complexity index is 568. The number of hydrogen-bond donors (Lipinski definition) is 1. The lowest BCUT2D eigenvalue weighted by atomic mass is 10.1. The van der Waals surface area contributed by atoms with Crippen molar-refractivity contribution in [3.05, 3.63) is 52.8 Å². The van der Waals surface area contributed by atoms with Crippen LogP contribution in [0.25, 0.3) is 0 Å². The van der Waals surface area contributed by atoms with Gasteiger partial charge >= 0.3 is 0 Å². The number of halogens is 2. The van der Waals surface area contributed by atoms with Crippen LogP contribution >= 0.6 is 11.6 Å². The molecule has 1 unspecified atom stereocenters. The van der Waals surface area contributed by atoms with Gasteiger partial charge in [0.15, 0.2) is 0 Å². The van der Waals surface area contributed by atoms with Crippen molar-refractivity contribution in [2.24, 2.45) is 0 Å². The summed E-state index contributed by atoms with van der Waals surface area (Å²) < 4.78 is 16.2. The van der Waals surface area contributed by atoms with Gasteiger partial charge in [-0.2, -0.15) is 0 Å². The summed E-state index contributed by atoms with van der Waals surface area (Å²) in [6.07, 6.45) is 4.67. The molecule has 0 fully saturated rings. The molecule has 1 aromatic carbocycles. The SMILES string of the molecule is CCCn1ccnc1C(NCC)c1cc(Cl)ccc1F. The maximum atomic E-state index is 14.1. The Morgan fingerprint density at radius 2 is 2.20 bits per heavy atom. The standard InChI is InChI=1S/C15H19ClFN3/c1-3-8-20-9-7-19-15(20)14(18-4-2)12-10-11(16)5-6-13(12)17/h5-7,9-10,14,18H,3-4,8H2,1-2H3. The molecule has 0 amide bonds. The van der Waals surface area contributed by atoms with Crippen molar-refractivity contribution in [2.75, 3.05) is 6.54 Å². The monoisotopic (exact) mass is 295 g/mol. The zero-order valence-electron chi connectivity index (χ0n) is 11.7. The van der Waals surface area contributed by atoms with E-state index in [1.807, 2.05) is 17.7 Å². The van der Waals surface area contributed by atoms with Crippen LogP contribution in [0.15, 0.2) is 30.6 Å². The summed E-state index contributed by atoms with van der Waals surface area (Å²) in [6, 6.07) is 4.33. The lowest BCUT2D eigenvalue weighted by Gasteiger charge is -2.20. The van der Waals surface area contributed by atoms with Gasteiger partial charge in [0.1, 0.15) is 11.6 Å². The van der Waals surface area contributed by atoms with E-state index in [0.717, 1.165) is 25.3 Å². The van der Waals surface area contributed by atoms with Crippen molar-refractivity contribution in [1.29, 1.82) is 0 Å². The van der Waals surface area contributed by atoms with E-state index < -0.39 is 0 Å². The quantitative estimate of drug-likeness (QED) is 0.879. The first-order chi connectivity index (χ1) is 9.67. The average molecular weight is 296 g/mol. The molecule has 0 aliphatic rings. The van der Waals surface area contributed by atoms with E-state index in [1.54, 1.807) is 18.3 Å². The molecule has 20 heavy (non-hydrogen) atoms. The Hall–Kier alpha value is -1.39. The second-order valence-corrected chi connectivity index (χ2v) is 5.07. The maximum absolute atomic E-state index is 14.1. The molecule has 0 saturated carbocycles. The highest BCUT2D eigenvalue weighted by atomic mass is 35.5. The Morgan fingerprint density at radius 3 is 2.90 bits per heavy atom. The number of nitrogens with zero attached hydrogens (tertiary/aromatic N) is 2. The fourth-order valence-electron chi connectivity index (χ4n) is 2.29. The number of hydrogen-bond acceptors (Lipinski definition) is 2. The zero-order valence-corrected chi connectivity index (χ0v) is 12.5. The Balaban J connectivity index is 2.44. The third kappa shape index (κ3) is 3.19. The predicted molar refractivity (Wildman–Crippen MR) is 79.4 cm³/mol. The second-order valence-electron chi connectivity index (χ2n) is 4.64. The average Bonchev–Trinajstić information content (AvgIpc) is 2.88. The summed E-state index contributed by atoms with van der Waals surface area (Å²) in [5.74, 6) is 0.543. The van der Waals surface area contributed by atoms with Gasteiger partial charge in [0, 0.05) is 29.5 Å². The number of aryl methyl sites for hydroxylation is 1. The molecule has 1 atom stereocenters. The van der Waals surface area contributed by atoms with E-state index in [1.165, 1.54) is 6.07 Å². The van der Waals surface area contributed by atoms with Gasteiger partial charge in [0.2, 0.25) is 0 Å². The minimum Gasteiger partial charge on any atom is -0.333 e. The van der Waals surface area contributed by atoms with Crippen molar-refractivity contribution in [3.63, 3.8) is 0 Å². The van der Waals surface area contributed by atoms with Crippen LogP contribution in [0.3, 0.4) is 0 Å². The highest BCUT2D eigenvalue weighted by Gasteiger charge is 2.21. The molecule has 108 valence electrons. The van der Waals surface area contributed by atoms with Crippen molar-refractivity contribution in [1.82, 2.24) is 14.9 Å². The fourth-order valence-corrected chi connectivity index (χ4v) is 2.47. The first-order valence-electron chi connectivity index (χ1n) is 6.86. The molecule has 2 rings (SSSR count). The van der Waals surface area contributed by atoms with Crippen LogP contribution < -0.4 is 5.32 Å². The van der Waals surface area contributed by atoms with Gasteiger partial charge < -0.3 is 9.88 Å². The minimum atomic E-state index is -0.291. The number of rotatable bonds is 6. The van der Waals surface area contributed by atoms with E-state index in [0.29, 0.717) is 10.6 Å². The van der Waals surface area contributed by atoms with Crippen LogP contribution in [0.5, 0.6) is 0 Å². The Kier molecular flexibility index (Phi) is 5.15. The first kappa shape index (κ1) is 15.0. The van der Waals surface area contributed by atoms with Gasteiger partial charge in [0.25, 0.3) is 0 Å². The molecule has 5 heteroatoms. The highest BCUT2D eigenvalue weighted by molar-refractivity contribution is 6.30. The predicted octanol–water partition coefficient (Wildman–Crippen LogP) is 3.78. The Morgan fingerprint density at radius 1 is 1.40 bits per heavy atom. The van der Waals surface area contributed by atoms with Crippen LogP contribution in [0, 0.1) is 5.82 Å². The van der Waals surface area contributed by atoms with Crippen molar-refractivity contribution in [2.45, 2.75) is 32.9 Å². The van der Waals surface area contributed by atoms with Gasteiger partial charge in [0.05, 0.1) is 6.04 Å². The summed E-state index contributed by atoms with van der Waals surface area (Å²) in [7, 11) is 0. The molecule has 1 aromatic heterocycles. The van der Waals surface area contributed by atoms with E-state index in [9.17, 15) is 4.39 Å². The molecule has 2 aromatic rings. The maximum Gasteiger partial charge on any atom is 0.130 e. The summed E-state index contributed by atoms with van der Waals surface area (Å²) in [4.78, 5) is 4.39. The number of imidazole rings is 1. The Labute approximate surface area is 123 Å². The molecule has 0 spiro atoms. The molecule has 0 bridgehead atoms. The summed E-state index contributed by atoms with van der Waals surface area (Å²) in [5, 5.41) is 3.81.